The van der Waals surface area contributed by atoms with E-state index in [0.29, 0.717) is 17.8 Å². The van der Waals surface area contributed by atoms with Crippen LogP contribution in [-0.2, 0) is 0 Å². The van der Waals surface area contributed by atoms with Crippen LogP contribution in [0.5, 0.6) is 0 Å². The van der Waals surface area contributed by atoms with Crippen molar-refractivity contribution in [1.82, 2.24) is 4.98 Å². The van der Waals surface area contributed by atoms with Crippen LogP contribution in [-0.4, -0.2) is 4.98 Å². The van der Waals surface area contributed by atoms with Crippen LogP contribution in [0.2, 0.25) is 0 Å². The molecule has 0 aliphatic rings. The number of aromatic nitrogens is 1. The molecule has 0 saturated heterocycles. The van der Waals surface area contributed by atoms with Crippen molar-refractivity contribution >= 4 is 0 Å². The summed E-state index contributed by atoms with van der Waals surface area (Å²) in [6.07, 6.45) is 0. The topological polar surface area (TPSA) is 12.9 Å². The van der Waals surface area contributed by atoms with Gasteiger partial charge in [0.25, 0.3) is 0 Å². The van der Waals surface area contributed by atoms with Crippen molar-refractivity contribution in [2.24, 2.45) is 0 Å². The van der Waals surface area contributed by atoms with Gasteiger partial charge in [0.05, 0.1) is 0 Å². The van der Waals surface area contributed by atoms with Gasteiger partial charge < -0.3 is 0 Å². The molecule has 1 aromatic heterocycles. The molecule has 0 aliphatic carbocycles. The molecule has 0 spiro atoms. The van der Waals surface area contributed by atoms with E-state index in [-0.39, 0.29) is 0 Å². The van der Waals surface area contributed by atoms with E-state index < -0.39 is 0 Å². The van der Waals surface area contributed by atoms with Crippen LogP contribution in [0.1, 0.15) is 76.2 Å². The minimum absolute atomic E-state index is 0.515. The number of pyridine rings is 1. The third kappa shape index (κ3) is 2.80. The molecule has 1 rings (SSSR count). The highest BCUT2D eigenvalue weighted by atomic mass is 14.7. The molecule has 0 radical (unpaired) electrons. The number of hydrogen-bond donors (Lipinski definition) is 0. The van der Waals surface area contributed by atoms with E-state index in [4.69, 9.17) is 4.98 Å². The molecule has 1 heterocycles. The Balaban J connectivity index is 3.21. The summed E-state index contributed by atoms with van der Waals surface area (Å²) < 4.78 is 0. The van der Waals surface area contributed by atoms with E-state index in [2.05, 4.69) is 53.7 Å². The first-order valence-corrected chi connectivity index (χ1v) is 5.94. The summed E-state index contributed by atoms with van der Waals surface area (Å²) in [6, 6.07) is 4.42. The summed E-state index contributed by atoms with van der Waals surface area (Å²) in [5, 5.41) is 0. The standard InChI is InChI=1S/C14H23N/c1-9(2)12-7-8-13(10(3)4)15-14(12)11(5)6/h7-11H,1-6H3. The van der Waals surface area contributed by atoms with Gasteiger partial charge in [-0.05, 0) is 29.4 Å². The van der Waals surface area contributed by atoms with E-state index in [1.807, 2.05) is 0 Å². The lowest BCUT2D eigenvalue weighted by molar-refractivity contribution is 0.725. The van der Waals surface area contributed by atoms with Gasteiger partial charge in [-0.3, -0.25) is 4.98 Å². The van der Waals surface area contributed by atoms with E-state index in [1.165, 1.54) is 17.0 Å². The van der Waals surface area contributed by atoms with Crippen LogP contribution in [0.25, 0.3) is 0 Å². The molecule has 0 aliphatic heterocycles. The molecule has 1 aromatic rings. The highest BCUT2D eigenvalue weighted by Gasteiger charge is 2.13. The van der Waals surface area contributed by atoms with Crippen LogP contribution in [0.4, 0.5) is 0 Å². The van der Waals surface area contributed by atoms with Gasteiger partial charge in [0.1, 0.15) is 0 Å². The van der Waals surface area contributed by atoms with Gasteiger partial charge in [-0.1, -0.05) is 47.6 Å². The fourth-order valence-corrected chi connectivity index (χ4v) is 1.77. The van der Waals surface area contributed by atoms with E-state index in [1.54, 1.807) is 0 Å². The number of hydrogen-bond acceptors (Lipinski definition) is 1. The van der Waals surface area contributed by atoms with Crippen molar-refractivity contribution in [2.45, 2.75) is 59.3 Å². The molecule has 84 valence electrons. The van der Waals surface area contributed by atoms with Gasteiger partial charge in [-0.2, -0.15) is 0 Å². The van der Waals surface area contributed by atoms with Crippen molar-refractivity contribution in [3.8, 4) is 0 Å². The van der Waals surface area contributed by atoms with E-state index in [0.717, 1.165) is 0 Å². The van der Waals surface area contributed by atoms with Crippen molar-refractivity contribution in [3.63, 3.8) is 0 Å². The second-order valence-corrected chi connectivity index (χ2v) is 5.17. The largest absolute Gasteiger partial charge is 0.257 e. The minimum atomic E-state index is 0.515. The summed E-state index contributed by atoms with van der Waals surface area (Å²) in [5.74, 6) is 1.60. The summed E-state index contributed by atoms with van der Waals surface area (Å²) in [7, 11) is 0. The van der Waals surface area contributed by atoms with Crippen LogP contribution in [0.3, 0.4) is 0 Å². The molecule has 0 aromatic carbocycles. The fourth-order valence-electron chi connectivity index (χ4n) is 1.77. The zero-order valence-corrected chi connectivity index (χ0v) is 10.8. The second-order valence-electron chi connectivity index (χ2n) is 5.17. The Labute approximate surface area is 93.9 Å². The smallest absolute Gasteiger partial charge is 0.0466 e. The minimum Gasteiger partial charge on any atom is -0.257 e. The summed E-state index contributed by atoms with van der Waals surface area (Å²) in [5.41, 5.74) is 3.88. The molecule has 1 heteroatoms. The predicted octanol–water partition coefficient (Wildman–Crippen LogP) is 4.45. The maximum absolute atomic E-state index is 4.79. The van der Waals surface area contributed by atoms with E-state index >= 15 is 0 Å². The molecular formula is C14H23N. The molecular weight excluding hydrogens is 182 g/mol. The number of nitrogens with zero attached hydrogens (tertiary/aromatic N) is 1. The van der Waals surface area contributed by atoms with Crippen LogP contribution >= 0.6 is 0 Å². The van der Waals surface area contributed by atoms with Crippen LogP contribution < -0.4 is 0 Å². The van der Waals surface area contributed by atoms with Crippen molar-refractivity contribution in [2.75, 3.05) is 0 Å². The Kier molecular flexibility index (Phi) is 3.90. The zero-order chi connectivity index (χ0) is 11.6. The molecule has 0 amide bonds. The molecule has 15 heavy (non-hydrogen) atoms. The van der Waals surface area contributed by atoms with Gasteiger partial charge in [0, 0.05) is 11.4 Å². The third-order valence-electron chi connectivity index (χ3n) is 2.74. The average molecular weight is 205 g/mol. The lowest BCUT2D eigenvalue weighted by Crippen LogP contribution is -2.05. The molecule has 0 bridgehead atoms. The highest BCUT2D eigenvalue weighted by molar-refractivity contribution is 5.29. The van der Waals surface area contributed by atoms with Crippen molar-refractivity contribution in [1.29, 1.82) is 0 Å². The van der Waals surface area contributed by atoms with Crippen molar-refractivity contribution < 1.29 is 0 Å². The van der Waals surface area contributed by atoms with E-state index in [9.17, 15) is 0 Å². The molecule has 0 saturated carbocycles. The highest BCUT2D eigenvalue weighted by Crippen LogP contribution is 2.26. The number of rotatable bonds is 3. The summed E-state index contributed by atoms with van der Waals surface area (Å²) >= 11 is 0. The molecule has 0 atom stereocenters. The second kappa shape index (κ2) is 4.78. The maximum Gasteiger partial charge on any atom is 0.0466 e. The Morgan fingerprint density at radius 3 is 1.80 bits per heavy atom. The van der Waals surface area contributed by atoms with Gasteiger partial charge in [0.2, 0.25) is 0 Å². The Morgan fingerprint density at radius 2 is 1.40 bits per heavy atom. The van der Waals surface area contributed by atoms with Gasteiger partial charge in [-0.25, -0.2) is 0 Å². The Bertz CT molecular complexity index is 324. The normalized spacial score (nSPS) is 11.8. The van der Waals surface area contributed by atoms with Crippen molar-refractivity contribution in [3.05, 3.63) is 29.1 Å². The van der Waals surface area contributed by atoms with Crippen LogP contribution in [0, 0.1) is 0 Å². The lowest BCUT2D eigenvalue weighted by Gasteiger charge is -2.17. The lowest BCUT2D eigenvalue weighted by atomic mass is 9.94. The molecule has 0 N–H and O–H groups in total. The zero-order valence-electron chi connectivity index (χ0n) is 10.8. The maximum atomic E-state index is 4.79. The Hall–Kier alpha value is -0.850. The van der Waals surface area contributed by atoms with Gasteiger partial charge >= 0.3 is 0 Å². The summed E-state index contributed by atoms with van der Waals surface area (Å²) in [4.78, 5) is 4.79. The Morgan fingerprint density at radius 1 is 0.800 bits per heavy atom. The molecule has 0 fully saturated rings. The first-order valence-electron chi connectivity index (χ1n) is 5.94. The average Bonchev–Trinajstić information content (AvgIpc) is 2.16. The third-order valence-corrected chi connectivity index (χ3v) is 2.74. The molecule has 0 unspecified atom stereocenters. The molecule has 1 nitrogen and oxygen atoms in total. The monoisotopic (exact) mass is 205 g/mol. The summed E-state index contributed by atoms with van der Waals surface area (Å²) in [6.45, 7) is 13.3. The van der Waals surface area contributed by atoms with Gasteiger partial charge in [0.15, 0.2) is 0 Å². The first-order chi connectivity index (χ1) is 6.93. The quantitative estimate of drug-likeness (QED) is 0.710. The predicted molar refractivity (Wildman–Crippen MR) is 66.5 cm³/mol. The first kappa shape index (κ1) is 12.2. The van der Waals surface area contributed by atoms with Gasteiger partial charge in [-0.15, -0.1) is 0 Å². The van der Waals surface area contributed by atoms with Crippen LogP contribution in [0.15, 0.2) is 12.1 Å². The SMILES string of the molecule is CC(C)c1ccc(C(C)C)c(C(C)C)n1. The fraction of sp³-hybridized carbons (Fsp3) is 0.643.